The topological polar surface area (TPSA) is 3.24 Å². The van der Waals surface area contributed by atoms with Crippen molar-refractivity contribution in [3.63, 3.8) is 0 Å². The molecule has 2 rings (SSSR count). The van der Waals surface area contributed by atoms with Crippen LogP contribution in [0.4, 0.5) is 0 Å². The second-order valence-electron chi connectivity index (χ2n) is 4.98. The van der Waals surface area contributed by atoms with Gasteiger partial charge in [-0.05, 0) is 37.1 Å². The second kappa shape index (κ2) is 6.55. The van der Waals surface area contributed by atoms with Crippen LogP contribution in [-0.4, -0.2) is 17.5 Å². The van der Waals surface area contributed by atoms with E-state index in [4.69, 9.17) is 0 Å². The summed E-state index contributed by atoms with van der Waals surface area (Å²) in [6.45, 7) is 4.56. The molecule has 1 aromatic rings. The highest BCUT2D eigenvalue weighted by molar-refractivity contribution is 9.10. The number of rotatable bonds is 4. The molecule has 0 bridgehead atoms. The van der Waals surface area contributed by atoms with Crippen LogP contribution in [-0.2, 0) is 6.54 Å². The highest BCUT2D eigenvalue weighted by atomic mass is 79.9. The molecule has 1 aliphatic rings. The normalized spacial score (nSPS) is 17.6. The van der Waals surface area contributed by atoms with Gasteiger partial charge in [0.25, 0.3) is 0 Å². The molecule has 1 aromatic carbocycles. The average molecular weight is 296 g/mol. The summed E-state index contributed by atoms with van der Waals surface area (Å²) < 4.78 is 1.17. The number of benzene rings is 1. The third-order valence-corrected chi connectivity index (χ3v) is 4.32. The molecule has 1 fully saturated rings. The van der Waals surface area contributed by atoms with Crippen LogP contribution in [0, 0.1) is 0 Å². The summed E-state index contributed by atoms with van der Waals surface area (Å²) in [5.41, 5.74) is 1.43. The summed E-state index contributed by atoms with van der Waals surface area (Å²) >= 11 is 3.49. The minimum Gasteiger partial charge on any atom is -0.296 e. The van der Waals surface area contributed by atoms with Gasteiger partial charge in [-0.15, -0.1) is 0 Å². The Morgan fingerprint density at radius 1 is 1.12 bits per heavy atom. The first-order valence-corrected chi connectivity index (χ1v) is 7.57. The molecule has 0 atom stereocenters. The van der Waals surface area contributed by atoms with Crippen molar-refractivity contribution >= 4 is 15.9 Å². The predicted molar refractivity (Wildman–Crippen MR) is 77.1 cm³/mol. The molecule has 0 spiro atoms. The summed E-state index contributed by atoms with van der Waals surface area (Å²) in [4.78, 5) is 2.64. The third kappa shape index (κ3) is 3.82. The fourth-order valence-corrected chi connectivity index (χ4v) is 3.03. The molecular formula is C15H22BrN. The van der Waals surface area contributed by atoms with Crippen molar-refractivity contribution in [2.24, 2.45) is 0 Å². The molecule has 0 saturated heterocycles. The van der Waals surface area contributed by atoms with E-state index in [0.717, 1.165) is 12.6 Å². The van der Waals surface area contributed by atoms with E-state index in [0.29, 0.717) is 0 Å². The van der Waals surface area contributed by atoms with Crippen molar-refractivity contribution in [1.29, 1.82) is 0 Å². The maximum absolute atomic E-state index is 3.49. The average Bonchev–Trinajstić information content (AvgIpc) is 2.39. The van der Waals surface area contributed by atoms with Crippen LogP contribution in [0.25, 0.3) is 0 Å². The van der Waals surface area contributed by atoms with Crippen molar-refractivity contribution in [2.75, 3.05) is 6.54 Å². The summed E-state index contributed by atoms with van der Waals surface area (Å²) in [6.07, 6.45) is 7.06. The van der Waals surface area contributed by atoms with Gasteiger partial charge in [0.05, 0.1) is 0 Å². The molecule has 0 aromatic heterocycles. The number of hydrogen-bond acceptors (Lipinski definition) is 1. The van der Waals surface area contributed by atoms with Crippen molar-refractivity contribution in [3.8, 4) is 0 Å². The van der Waals surface area contributed by atoms with Gasteiger partial charge in [0.2, 0.25) is 0 Å². The van der Waals surface area contributed by atoms with Gasteiger partial charge in [0, 0.05) is 17.1 Å². The zero-order valence-electron chi connectivity index (χ0n) is 10.7. The lowest BCUT2D eigenvalue weighted by molar-refractivity contribution is 0.156. The van der Waals surface area contributed by atoms with Gasteiger partial charge < -0.3 is 0 Å². The molecule has 2 heteroatoms. The lowest BCUT2D eigenvalue weighted by Crippen LogP contribution is -2.36. The van der Waals surface area contributed by atoms with Crippen molar-refractivity contribution in [1.82, 2.24) is 4.90 Å². The lowest BCUT2D eigenvalue weighted by Gasteiger charge is -2.33. The fourth-order valence-electron chi connectivity index (χ4n) is 2.77. The molecule has 0 radical (unpaired) electrons. The zero-order chi connectivity index (χ0) is 12.1. The van der Waals surface area contributed by atoms with Gasteiger partial charge in [-0.3, -0.25) is 4.90 Å². The van der Waals surface area contributed by atoms with Crippen molar-refractivity contribution in [2.45, 2.75) is 51.6 Å². The van der Waals surface area contributed by atoms with Gasteiger partial charge >= 0.3 is 0 Å². The van der Waals surface area contributed by atoms with Crippen LogP contribution in [0.15, 0.2) is 28.7 Å². The van der Waals surface area contributed by atoms with Crippen LogP contribution in [0.5, 0.6) is 0 Å². The van der Waals surface area contributed by atoms with E-state index < -0.39 is 0 Å². The zero-order valence-corrected chi connectivity index (χ0v) is 12.2. The Kier molecular flexibility index (Phi) is 5.05. The van der Waals surface area contributed by atoms with Gasteiger partial charge in [0.15, 0.2) is 0 Å². The van der Waals surface area contributed by atoms with E-state index in [2.05, 4.69) is 52.0 Å². The van der Waals surface area contributed by atoms with E-state index in [1.165, 1.54) is 48.7 Å². The minimum absolute atomic E-state index is 0.817. The molecule has 0 aliphatic heterocycles. The third-order valence-electron chi connectivity index (χ3n) is 3.80. The molecule has 17 heavy (non-hydrogen) atoms. The molecule has 1 aliphatic carbocycles. The highest BCUT2D eigenvalue weighted by Gasteiger charge is 2.19. The van der Waals surface area contributed by atoms with Gasteiger partial charge in [-0.25, -0.2) is 0 Å². The quantitative estimate of drug-likeness (QED) is 0.784. The van der Waals surface area contributed by atoms with Crippen LogP contribution < -0.4 is 0 Å². The largest absolute Gasteiger partial charge is 0.296 e. The maximum atomic E-state index is 3.49. The first-order valence-electron chi connectivity index (χ1n) is 6.78. The smallest absolute Gasteiger partial charge is 0.0236 e. The van der Waals surface area contributed by atoms with E-state index >= 15 is 0 Å². The Balaban J connectivity index is 1.96. The molecule has 0 N–H and O–H groups in total. The number of nitrogens with zero attached hydrogens (tertiary/aromatic N) is 1. The first-order chi connectivity index (χ1) is 8.29. The summed E-state index contributed by atoms with van der Waals surface area (Å²) in [7, 11) is 0. The van der Waals surface area contributed by atoms with E-state index in [9.17, 15) is 0 Å². The van der Waals surface area contributed by atoms with Crippen LogP contribution >= 0.6 is 15.9 Å². The van der Waals surface area contributed by atoms with Crippen molar-refractivity contribution in [3.05, 3.63) is 34.3 Å². The number of halogens is 1. The van der Waals surface area contributed by atoms with Crippen LogP contribution in [0.2, 0.25) is 0 Å². The van der Waals surface area contributed by atoms with Crippen LogP contribution in [0.1, 0.15) is 44.6 Å². The van der Waals surface area contributed by atoms with Gasteiger partial charge in [-0.1, -0.05) is 54.2 Å². The predicted octanol–water partition coefficient (Wildman–Crippen LogP) is 4.60. The summed E-state index contributed by atoms with van der Waals surface area (Å²) in [5, 5.41) is 0. The lowest BCUT2D eigenvalue weighted by atomic mass is 9.94. The molecular weight excluding hydrogens is 274 g/mol. The standard InChI is InChI=1S/C15H22BrN/c1-2-17(15-6-4-3-5-7-15)12-13-8-10-14(16)11-9-13/h8-11,15H,2-7,12H2,1H3. The molecule has 0 amide bonds. The fraction of sp³-hybridized carbons (Fsp3) is 0.600. The van der Waals surface area contributed by atoms with Crippen LogP contribution in [0.3, 0.4) is 0 Å². The van der Waals surface area contributed by atoms with E-state index in [1.807, 2.05) is 0 Å². The first kappa shape index (κ1) is 13.1. The SMILES string of the molecule is CCN(Cc1ccc(Br)cc1)C1CCCCC1. The molecule has 1 saturated carbocycles. The maximum Gasteiger partial charge on any atom is 0.0236 e. The van der Waals surface area contributed by atoms with Gasteiger partial charge in [0.1, 0.15) is 0 Å². The molecule has 1 nitrogen and oxygen atoms in total. The Morgan fingerprint density at radius 3 is 2.35 bits per heavy atom. The summed E-state index contributed by atoms with van der Waals surface area (Å²) in [6, 6.07) is 9.57. The second-order valence-corrected chi connectivity index (χ2v) is 5.90. The highest BCUT2D eigenvalue weighted by Crippen LogP contribution is 2.24. The molecule has 94 valence electrons. The monoisotopic (exact) mass is 295 g/mol. The van der Waals surface area contributed by atoms with Gasteiger partial charge in [-0.2, -0.15) is 0 Å². The number of hydrogen-bond donors (Lipinski definition) is 0. The molecule has 0 heterocycles. The van der Waals surface area contributed by atoms with E-state index in [1.54, 1.807) is 0 Å². The van der Waals surface area contributed by atoms with E-state index in [-0.39, 0.29) is 0 Å². The Morgan fingerprint density at radius 2 is 1.76 bits per heavy atom. The Bertz CT molecular complexity index is 327. The summed E-state index contributed by atoms with van der Waals surface area (Å²) in [5.74, 6) is 0. The molecule has 0 unspecified atom stereocenters. The Hall–Kier alpha value is -0.340. The minimum atomic E-state index is 0.817. The van der Waals surface area contributed by atoms with Crippen molar-refractivity contribution < 1.29 is 0 Å². The Labute approximate surface area is 113 Å².